The second kappa shape index (κ2) is 7.74. The van der Waals surface area contributed by atoms with Gasteiger partial charge in [0.05, 0.1) is 0 Å². The first kappa shape index (κ1) is 18.1. The van der Waals surface area contributed by atoms with Crippen molar-refractivity contribution in [2.75, 3.05) is 5.32 Å². The Kier molecular flexibility index (Phi) is 5.00. The Morgan fingerprint density at radius 3 is 2.68 bits per heavy atom. The van der Waals surface area contributed by atoms with E-state index in [4.69, 9.17) is 20.8 Å². The number of hydrogen-bond acceptors (Lipinski definition) is 4. The highest BCUT2D eigenvalue weighted by Crippen LogP contribution is 2.26. The number of nitrogens with zero attached hydrogens (tertiary/aromatic N) is 1. The minimum absolute atomic E-state index is 0.272. The van der Waals surface area contributed by atoms with Gasteiger partial charge >= 0.3 is 0 Å². The average molecular weight is 393 g/mol. The van der Waals surface area contributed by atoms with Crippen molar-refractivity contribution in [3.8, 4) is 17.2 Å². The molecule has 0 spiro atoms. The summed E-state index contributed by atoms with van der Waals surface area (Å²) in [4.78, 5) is 17.0. The van der Waals surface area contributed by atoms with E-state index in [1.807, 2.05) is 30.3 Å². The van der Waals surface area contributed by atoms with Crippen LogP contribution in [0.1, 0.15) is 6.92 Å². The molecule has 1 unspecified atom stereocenters. The van der Waals surface area contributed by atoms with E-state index in [1.54, 1.807) is 49.4 Å². The van der Waals surface area contributed by atoms with Crippen LogP contribution in [0.5, 0.6) is 5.75 Å². The monoisotopic (exact) mass is 392 g/mol. The van der Waals surface area contributed by atoms with Crippen LogP contribution in [0.3, 0.4) is 0 Å². The summed E-state index contributed by atoms with van der Waals surface area (Å²) in [5, 5.41) is 3.39. The molecule has 0 aliphatic carbocycles. The first-order valence-electron chi connectivity index (χ1n) is 8.77. The Labute approximate surface area is 166 Å². The number of halogens is 1. The van der Waals surface area contributed by atoms with E-state index >= 15 is 0 Å². The van der Waals surface area contributed by atoms with Gasteiger partial charge < -0.3 is 14.5 Å². The molecule has 1 aromatic heterocycles. The van der Waals surface area contributed by atoms with Gasteiger partial charge in [-0.3, -0.25) is 4.79 Å². The van der Waals surface area contributed by atoms with E-state index < -0.39 is 6.10 Å². The minimum Gasteiger partial charge on any atom is -0.481 e. The Bertz CT molecular complexity index is 1130. The van der Waals surface area contributed by atoms with Crippen LogP contribution in [0.2, 0.25) is 5.02 Å². The Balaban J connectivity index is 1.48. The number of fused-ring (bicyclic) bond motifs is 1. The van der Waals surface area contributed by atoms with E-state index in [1.165, 1.54) is 0 Å². The number of carbonyl (C=O) groups is 1. The summed E-state index contributed by atoms with van der Waals surface area (Å²) in [5.41, 5.74) is 2.83. The first-order valence-corrected chi connectivity index (χ1v) is 9.15. The predicted octanol–water partition coefficient (Wildman–Crippen LogP) is 5.55. The molecule has 0 fully saturated rings. The number of benzene rings is 3. The predicted molar refractivity (Wildman–Crippen MR) is 110 cm³/mol. The highest BCUT2D eigenvalue weighted by atomic mass is 35.5. The van der Waals surface area contributed by atoms with Crippen molar-refractivity contribution in [1.29, 1.82) is 0 Å². The zero-order valence-electron chi connectivity index (χ0n) is 15.1. The molecular formula is C22H17ClN2O3. The third-order valence-corrected chi connectivity index (χ3v) is 4.39. The number of ether oxygens (including phenoxy) is 1. The van der Waals surface area contributed by atoms with Gasteiger partial charge in [-0.1, -0.05) is 35.9 Å². The van der Waals surface area contributed by atoms with E-state index in [-0.39, 0.29) is 5.91 Å². The van der Waals surface area contributed by atoms with Crippen molar-refractivity contribution < 1.29 is 13.9 Å². The van der Waals surface area contributed by atoms with Gasteiger partial charge in [0.2, 0.25) is 5.89 Å². The van der Waals surface area contributed by atoms with Crippen LogP contribution in [0.15, 0.2) is 77.2 Å². The molecule has 6 heteroatoms. The lowest BCUT2D eigenvalue weighted by molar-refractivity contribution is -0.122. The average Bonchev–Trinajstić information content (AvgIpc) is 3.12. The largest absolute Gasteiger partial charge is 0.481 e. The molecule has 4 rings (SSSR count). The lowest BCUT2D eigenvalue weighted by atomic mass is 10.2. The maximum absolute atomic E-state index is 12.5. The third kappa shape index (κ3) is 4.00. The molecule has 0 saturated heterocycles. The van der Waals surface area contributed by atoms with E-state index in [9.17, 15) is 4.79 Å². The van der Waals surface area contributed by atoms with Gasteiger partial charge in [-0.05, 0) is 55.5 Å². The van der Waals surface area contributed by atoms with Gasteiger partial charge in [0.1, 0.15) is 11.3 Å². The Hall–Kier alpha value is -3.31. The van der Waals surface area contributed by atoms with Gasteiger partial charge in [0.25, 0.3) is 5.91 Å². The quantitative estimate of drug-likeness (QED) is 0.483. The van der Waals surface area contributed by atoms with Crippen molar-refractivity contribution >= 4 is 34.3 Å². The molecule has 1 amide bonds. The number of anilines is 1. The summed E-state index contributed by atoms with van der Waals surface area (Å²) in [5.74, 6) is 0.803. The summed E-state index contributed by atoms with van der Waals surface area (Å²) in [7, 11) is 0. The van der Waals surface area contributed by atoms with E-state index in [2.05, 4.69) is 10.3 Å². The number of carbonyl (C=O) groups excluding carboxylic acids is 1. The lowest BCUT2D eigenvalue weighted by Gasteiger charge is -2.14. The molecule has 0 aliphatic rings. The highest BCUT2D eigenvalue weighted by Gasteiger charge is 2.16. The highest BCUT2D eigenvalue weighted by molar-refractivity contribution is 6.30. The van der Waals surface area contributed by atoms with Crippen molar-refractivity contribution in [3.05, 3.63) is 77.8 Å². The minimum atomic E-state index is -0.689. The molecule has 0 bridgehead atoms. The molecule has 3 aromatic carbocycles. The first-order chi connectivity index (χ1) is 13.6. The van der Waals surface area contributed by atoms with Gasteiger partial charge in [0, 0.05) is 16.3 Å². The fourth-order valence-electron chi connectivity index (χ4n) is 2.75. The molecule has 140 valence electrons. The van der Waals surface area contributed by atoms with Gasteiger partial charge in [-0.2, -0.15) is 0 Å². The van der Waals surface area contributed by atoms with Crippen molar-refractivity contribution in [3.63, 3.8) is 0 Å². The normalized spacial score (nSPS) is 11.9. The number of amides is 1. The Morgan fingerprint density at radius 1 is 1.07 bits per heavy atom. The zero-order chi connectivity index (χ0) is 19.5. The number of rotatable bonds is 5. The summed E-state index contributed by atoms with van der Waals surface area (Å²) in [6, 6.07) is 21.9. The molecular weight excluding hydrogens is 376 g/mol. The third-order valence-electron chi connectivity index (χ3n) is 4.15. The molecule has 0 saturated carbocycles. The van der Waals surface area contributed by atoms with Gasteiger partial charge in [0.15, 0.2) is 11.7 Å². The van der Waals surface area contributed by atoms with Crippen LogP contribution in [0.25, 0.3) is 22.6 Å². The van der Waals surface area contributed by atoms with Gasteiger partial charge in [-0.25, -0.2) is 4.98 Å². The number of aromatic nitrogens is 1. The van der Waals surface area contributed by atoms with Crippen molar-refractivity contribution in [1.82, 2.24) is 4.98 Å². The van der Waals surface area contributed by atoms with Crippen LogP contribution in [-0.4, -0.2) is 17.0 Å². The zero-order valence-corrected chi connectivity index (χ0v) is 15.8. The van der Waals surface area contributed by atoms with Crippen LogP contribution < -0.4 is 10.1 Å². The number of hydrogen-bond donors (Lipinski definition) is 1. The van der Waals surface area contributed by atoms with Crippen LogP contribution >= 0.6 is 11.6 Å². The lowest BCUT2D eigenvalue weighted by Crippen LogP contribution is -2.30. The summed E-state index contributed by atoms with van der Waals surface area (Å²) in [6.45, 7) is 1.68. The summed E-state index contributed by atoms with van der Waals surface area (Å²) < 4.78 is 11.4. The summed E-state index contributed by atoms with van der Waals surface area (Å²) in [6.07, 6.45) is -0.689. The maximum Gasteiger partial charge on any atom is 0.265 e. The summed E-state index contributed by atoms with van der Waals surface area (Å²) >= 11 is 5.94. The molecule has 1 heterocycles. The molecule has 1 N–H and O–H groups in total. The van der Waals surface area contributed by atoms with E-state index in [0.29, 0.717) is 33.4 Å². The molecule has 4 aromatic rings. The molecule has 28 heavy (non-hydrogen) atoms. The van der Waals surface area contributed by atoms with Crippen LogP contribution in [0.4, 0.5) is 5.69 Å². The fourth-order valence-corrected chi connectivity index (χ4v) is 2.93. The number of nitrogens with one attached hydrogen (secondary N) is 1. The molecule has 1 atom stereocenters. The van der Waals surface area contributed by atoms with Crippen molar-refractivity contribution in [2.24, 2.45) is 0 Å². The fraction of sp³-hybridized carbons (Fsp3) is 0.0909. The topological polar surface area (TPSA) is 64.4 Å². The smallest absolute Gasteiger partial charge is 0.265 e. The van der Waals surface area contributed by atoms with Crippen LogP contribution in [0, 0.1) is 0 Å². The Morgan fingerprint density at radius 2 is 1.89 bits per heavy atom. The van der Waals surface area contributed by atoms with Gasteiger partial charge in [-0.15, -0.1) is 0 Å². The standard InChI is InChI=1S/C22H17ClN2O3/c1-14(27-18-9-5-8-16(23)12-18)21(26)24-17-10-11-20-19(13-17)25-22(28-20)15-6-3-2-4-7-15/h2-14H,1H3,(H,24,26). The van der Waals surface area contributed by atoms with E-state index in [0.717, 1.165) is 5.56 Å². The maximum atomic E-state index is 12.5. The van der Waals surface area contributed by atoms with Crippen LogP contribution in [-0.2, 0) is 4.79 Å². The second-order valence-corrected chi connectivity index (χ2v) is 6.71. The molecule has 0 aliphatic heterocycles. The molecule has 0 radical (unpaired) electrons. The number of oxazole rings is 1. The van der Waals surface area contributed by atoms with Crippen molar-refractivity contribution in [2.45, 2.75) is 13.0 Å². The molecule has 5 nitrogen and oxygen atoms in total. The second-order valence-electron chi connectivity index (χ2n) is 6.27. The SMILES string of the molecule is CC(Oc1cccc(Cl)c1)C(=O)Nc1ccc2oc(-c3ccccc3)nc2c1.